The molecule has 0 atom stereocenters. The van der Waals surface area contributed by atoms with Gasteiger partial charge in [0, 0.05) is 37.3 Å². The van der Waals surface area contributed by atoms with Gasteiger partial charge < -0.3 is 20.7 Å². The number of carbonyl (C=O) groups excluding carboxylic acids is 2. The van der Waals surface area contributed by atoms with E-state index in [2.05, 4.69) is 25.7 Å². The Bertz CT molecular complexity index is 686. The molecule has 11 heteroatoms. The second kappa shape index (κ2) is 9.18. The minimum absolute atomic E-state index is 0.00619. The van der Waals surface area contributed by atoms with E-state index in [1.807, 2.05) is 0 Å². The number of alkyl halides is 2. The molecule has 1 aromatic carbocycles. The quantitative estimate of drug-likeness (QED) is 0.369. The van der Waals surface area contributed by atoms with Crippen molar-refractivity contribution < 1.29 is 23.1 Å². The summed E-state index contributed by atoms with van der Waals surface area (Å²) in [6.07, 6.45) is 0. The first-order valence-corrected chi connectivity index (χ1v) is 8.04. The fourth-order valence-electron chi connectivity index (χ4n) is 2.26. The molecule has 0 saturated carbocycles. The molecule has 0 aromatic heterocycles. The molecule has 142 valence electrons. The van der Waals surface area contributed by atoms with Crippen LogP contribution in [0.5, 0.6) is 5.75 Å². The monoisotopic (exact) mass is 389 g/mol. The zero-order valence-electron chi connectivity index (χ0n) is 13.9. The van der Waals surface area contributed by atoms with Crippen molar-refractivity contribution in [3.8, 4) is 5.75 Å². The Morgan fingerprint density at radius 2 is 2.19 bits per heavy atom. The molecular formula is C15H18ClF2N5O3. The number of aliphatic imine (C=N–C) groups is 1. The molecule has 26 heavy (non-hydrogen) atoms. The first kappa shape index (κ1) is 19.7. The summed E-state index contributed by atoms with van der Waals surface area (Å²) in [6, 6.07) is 3.88. The van der Waals surface area contributed by atoms with E-state index in [-0.39, 0.29) is 37.8 Å². The van der Waals surface area contributed by atoms with Gasteiger partial charge in [0.05, 0.1) is 6.54 Å². The van der Waals surface area contributed by atoms with Gasteiger partial charge in [0.25, 0.3) is 0 Å². The van der Waals surface area contributed by atoms with Gasteiger partial charge in [-0.1, -0.05) is 11.6 Å². The van der Waals surface area contributed by atoms with Gasteiger partial charge in [-0.3, -0.25) is 14.7 Å². The van der Waals surface area contributed by atoms with Gasteiger partial charge in [-0.05, 0) is 18.2 Å². The first-order valence-electron chi connectivity index (χ1n) is 7.66. The highest BCUT2D eigenvalue weighted by Gasteiger charge is 2.27. The van der Waals surface area contributed by atoms with Crippen molar-refractivity contribution in [2.75, 3.05) is 26.7 Å². The molecule has 3 N–H and O–H groups in total. The van der Waals surface area contributed by atoms with E-state index in [4.69, 9.17) is 11.6 Å². The lowest BCUT2D eigenvalue weighted by Crippen LogP contribution is -2.43. The van der Waals surface area contributed by atoms with Gasteiger partial charge >= 0.3 is 12.6 Å². The lowest BCUT2D eigenvalue weighted by atomic mass is 10.2. The van der Waals surface area contributed by atoms with Crippen LogP contribution in [0, 0.1) is 0 Å². The molecule has 1 heterocycles. The van der Waals surface area contributed by atoms with Gasteiger partial charge in [0.2, 0.25) is 5.91 Å². The average molecular weight is 390 g/mol. The maximum absolute atomic E-state index is 12.5. The molecule has 2 rings (SSSR count). The van der Waals surface area contributed by atoms with E-state index in [1.54, 1.807) is 0 Å². The highest BCUT2D eigenvalue weighted by Crippen LogP contribution is 2.24. The summed E-state index contributed by atoms with van der Waals surface area (Å²) in [5, 5.41) is 8.65. The molecule has 1 aliphatic rings. The first-order chi connectivity index (χ1) is 12.4. The lowest BCUT2D eigenvalue weighted by Gasteiger charge is -2.16. The molecule has 8 nitrogen and oxygen atoms in total. The Kier molecular flexibility index (Phi) is 6.96. The van der Waals surface area contributed by atoms with Crippen molar-refractivity contribution in [1.29, 1.82) is 0 Å². The van der Waals surface area contributed by atoms with Crippen LogP contribution in [0.4, 0.5) is 13.6 Å². The Morgan fingerprint density at radius 1 is 1.42 bits per heavy atom. The van der Waals surface area contributed by atoms with E-state index in [0.29, 0.717) is 16.5 Å². The molecule has 1 aromatic rings. The summed E-state index contributed by atoms with van der Waals surface area (Å²) in [6.45, 7) is -2.38. The second-order valence-corrected chi connectivity index (χ2v) is 5.62. The van der Waals surface area contributed by atoms with Crippen molar-refractivity contribution >= 4 is 29.5 Å². The molecule has 0 aliphatic carbocycles. The van der Waals surface area contributed by atoms with E-state index in [0.717, 1.165) is 4.90 Å². The Morgan fingerprint density at radius 3 is 2.81 bits per heavy atom. The number of rotatable bonds is 7. The van der Waals surface area contributed by atoms with E-state index >= 15 is 0 Å². The summed E-state index contributed by atoms with van der Waals surface area (Å²) < 4.78 is 29.4. The summed E-state index contributed by atoms with van der Waals surface area (Å²) in [7, 11) is 1.53. The van der Waals surface area contributed by atoms with Gasteiger partial charge in [-0.2, -0.15) is 8.78 Å². The van der Waals surface area contributed by atoms with Crippen molar-refractivity contribution in [3.05, 3.63) is 28.8 Å². The number of hydrogen-bond donors (Lipinski definition) is 3. The summed E-state index contributed by atoms with van der Waals surface area (Å²) in [5.74, 6) is 0.0687. The number of imide groups is 1. The van der Waals surface area contributed by atoms with Gasteiger partial charge in [-0.15, -0.1) is 0 Å². The summed E-state index contributed by atoms with van der Waals surface area (Å²) in [4.78, 5) is 28.0. The zero-order chi connectivity index (χ0) is 19.1. The number of nitrogens with one attached hydrogen (secondary N) is 3. The van der Waals surface area contributed by atoms with Crippen LogP contribution >= 0.6 is 11.6 Å². The predicted octanol–water partition coefficient (Wildman–Crippen LogP) is 1.16. The SMILES string of the molecule is CN=C(NCCN1C(=O)CNC1=O)NCc1cc(Cl)ccc1OC(F)F. The number of amides is 3. The number of hydrogen-bond acceptors (Lipinski definition) is 4. The number of benzene rings is 1. The van der Waals surface area contributed by atoms with E-state index in [1.165, 1.54) is 25.2 Å². The topological polar surface area (TPSA) is 95.1 Å². The zero-order valence-corrected chi connectivity index (χ0v) is 14.6. The third-order valence-corrected chi connectivity index (χ3v) is 3.71. The van der Waals surface area contributed by atoms with Crippen LogP contribution in [0.25, 0.3) is 0 Å². The highest BCUT2D eigenvalue weighted by atomic mass is 35.5. The number of nitrogens with zero attached hydrogens (tertiary/aromatic N) is 2. The predicted molar refractivity (Wildman–Crippen MR) is 91.4 cm³/mol. The van der Waals surface area contributed by atoms with Crippen LogP contribution in [0.1, 0.15) is 5.56 Å². The summed E-state index contributed by atoms with van der Waals surface area (Å²) in [5.41, 5.74) is 0.426. The van der Waals surface area contributed by atoms with Gasteiger partial charge in [0.1, 0.15) is 5.75 Å². The second-order valence-electron chi connectivity index (χ2n) is 5.19. The molecule has 1 fully saturated rings. The molecule has 1 saturated heterocycles. The summed E-state index contributed by atoms with van der Waals surface area (Å²) >= 11 is 5.89. The molecule has 0 unspecified atom stereocenters. The minimum Gasteiger partial charge on any atom is -0.434 e. The van der Waals surface area contributed by atoms with Crippen molar-refractivity contribution in [2.24, 2.45) is 4.99 Å². The Labute approximate surface area is 153 Å². The standard InChI is InChI=1S/C15H18ClF2N5O3/c1-19-14(20-4-5-23-12(24)8-22-15(23)25)21-7-9-6-10(16)2-3-11(9)26-13(17)18/h2-3,6,13H,4-5,7-8H2,1H3,(H,22,25)(H2,19,20,21). The molecule has 0 radical (unpaired) electrons. The fourth-order valence-corrected chi connectivity index (χ4v) is 2.46. The number of halogens is 3. The minimum atomic E-state index is -2.95. The smallest absolute Gasteiger partial charge is 0.387 e. The molecule has 3 amide bonds. The van der Waals surface area contributed by atoms with E-state index < -0.39 is 12.6 Å². The largest absolute Gasteiger partial charge is 0.434 e. The van der Waals surface area contributed by atoms with Crippen LogP contribution in [-0.4, -0.2) is 56.1 Å². The third kappa shape index (κ3) is 5.45. The Hall–Kier alpha value is -2.62. The Balaban J connectivity index is 1.88. The molecule has 0 spiro atoms. The molecule has 0 bridgehead atoms. The van der Waals surface area contributed by atoms with Gasteiger partial charge in [0.15, 0.2) is 5.96 Å². The van der Waals surface area contributed by atoms with Crippen LogP contribution in [-0.2, 0) is 11.3 Å². The van der Waals surface area contributed by atoms with Crippen molar-refractivity contribution in [1.82, 2.24) is 20.9 Å². The number of carbonyl (C=O) groups is 2. The average Bonchev–Trinajstić information content (AvgIpc) is 2.91. The fraction of sp³-hybridized carbons (Fsp3) is 0.400. The maximum Gasteiger partial charge on any atom is 0.387 e. The molecular weight excluding hydrogens is 372 g/mol. The van der Waals surface area contributed by atoms with Gasteiger partial charge in [-0.25, -0.2) is 4.79 Å². The number of ether oxygens (including phenoxy) is 1. The van der Waals surface area contributed by atoms with Crippen molar-refractivity contribution in [3.63, 3.8) is 0 Å². The number of guanidine groups is 1. The lowest BCUT2D eigenvalue weighted by molar-refractivity contribution is -0.124. The van der Waals surface area contributed by atoms with Crippen molar-refractivity contribution in [2.45, 2.75) is 13.2 Å². The van der Waals surface area contributed by atoms with Crippen LogP contribution < -0.4 is 20.7 Å². The number of urea groups is 1. The van der Waals surface area contributed by atoms with E-state index in [9.17, 15) is 18.4 Å². The maximum atomic E-state index is 12.5. The highest BCUT2D eigenvalue weighted by molar-refractivity contribution is 6.30. The third-order valence-electron chi connectivity index (χ3n) is 3.47. The normalized spacial score (nSPS) is 14.7. The van der Waals surface area contributed by atoms with Crippen LogP contribution in [0.15, 0.2) is 23.2 Å². The van der Waals surface area contributed by atoms with Crippen LogP contribution in [0.2, 0.25) is 5.02 Å². The van der Waals surface area contributed by atoms with Crippen LogP contribution in [0.3, 0.4) is 0 Å². The molecule has 1 aliphatic heterocycles.